The van der Waals surface area contributed by atoms with Gasteiger partial charge in [-0.2, -0.15) is 14.8 Å². The van der Waals surface area contributed by atoms with Gasteiger partial charge in [0.25, 0.3) is 0 Å². The van der Waals surface area contributed by atoms with Crippen LogP contribution in [-0.4, -0.2) is 25.8 Å². The molecule has 2 N–H and O–H groups in total. The van der Waals surface area contributed by atoms with E-state index in [9.17, 15) is 8.42 Å². The number of nitrogens with two attached hydrogens (primary N) is 1. The zero-order valence-electron chi connectivity index (χ0n) is 10.7. The van der Waals surface area contributed by atoms with Gasteiger partial charge in [0.2, 0.25) is 10.0 Å². The summed E-state index contributed by atoms with van der Waals surface area (Å²) in [7, 11) is -3.89. The molecular formula is C12H14N4O2S. The number of nitrogen functional groups attached to an aromatic ring is 1. The smallest absolute Gasteiger partial charge is 0.245 e. The molecule has 0 saturated carbocycles. The van der Waals surface area contributed by atoms with Gasteiger partial charge in [0.15, 0.2) is 0 Å². The molecule has 19 heavy (non-hydrogen) atoms. The molecule has 0 amide bonds. The molecule has 0 spiro atoms. The Kier molecular flexibility index (Phi) is 4.49. The topological polar surface area (TPSA) is 111 Å². The maximum absolute atomic E-state index is 12.4. The van der Waals surface area contributed by atoms with Crippen LogP contribution in [0.4, 0.5) is 5.69 Å². The SMILES string of the molecule is Cc1cc(N)c(C)c(S(=O)(=O)N(CC#N)CC#N)c1. The molecule has 0 aromatic heterocycles. The molecule has 7 heteroatoms. The van der Waals surface area contributed by atoms with Crippen LogP contribution >= 0.6 is 0 Å². The average molecular weight is 278 g/mol. The maximum Gasteiger partial charge on any atom is 0.245 e. The van der Waals surface area contributed by atoms with Crippen molar-refractivity contribution in [1.82, 2.24) is 4.31 Å². The number of nitrogens with zero attached hydrogens (tertiary/aromatic N) is 3. The van der Waals surface area contributed by atoms with E-state index >= 15 is 0 Å². The highest BCUT2D eigenvalue weighted by Crippen LogP contribution is 2.25. The van der Waals surface area contributed by atoms with Gasteiger partial charge in [0, 0.05) is 5.69 Å². The summed E-state index contributed by atoms with van der Waals surface area (Å²) in [5.41, 5.74) is 7.25. The summed E-state index contributed by atoms with van der Waals surface area (Å²) in [4.78, 5) is 0.0375. The van der Waals surface area contributed by atoms with Gasteiger partial charge in [0.05, 0.1) is 17.0 Å². The zero-order valence-corrected chi connectivity index (χ0v) is 11.5. The van der Waals surface area contributed by atoms with Gasteiger partial charge in [-0.1, -0.05) is 0 Å². The fourth-order valence-corrected chi connectivity index (χ4v) is 3.22. The lowest BCUT2D eigenvalue weighted by Gasteiger charge is -2.18. The summed E-state index contributed by atoms with van der Waals surface area (Å²) in [5.74, 6) is 0. The van der Waals surface area contributed by atoms with Crippen molar-refractivity contribution in [3.63, 3.8) is 0 Å². The Labute approximate surface area is 112 Å². The normalized spacial score (nSPS) is 11.0. The molecule has 0 bridgehead atoms. The molecule has 0 atom stereocenters. The fourth-order valence-electron chi connectivity index (χ4n) is 1.64. The first-order valence-corrected chi connectivity index (χ1v) is 6.89. The molecule has 0 saturated heterocycles. The van der Waals surface area contributed by atoms with Crippen molar-refractivity contribution in [1.29, 1.82) is 10.5 Å². The zero-order chi connectivity index (χ0) is 14.6. The quantitative estimate of drug-likeness (QED) is 0.650. The van der Waals surface area contributed by atoms with Gasteiger partial charge in [-0.05, 0) is 37.1 Å². The predicted molar refractivity (Wildman–Crippen MR) is 70.3 cm³/mol. The molecule has 0 radical (unpaired) electrons. The van der Waals surface area contributed by atoms with Crippen LogP contribution in [0.25, 0.3) is 0 Å². The van der Waals surface area contributed by atoms with Crippen LogP contribution in [0.2, 0.25) is 0 Å². The van der Waals surface area contributed by atoms with Crippen molar-refractivity contribution < 1.29 is 8.42 Å². The molecule has 1 rings (SSSR count). The molecular weight excluding hydrogens is 264 g/mol. The Morgan fingerprint density at radius 1 is 1.21 bits per heavy atom. The third-order valence-corrected chi connectivity index (χ3v) is 4.57. The van der Waals surface area contributed by atoms with E-state index in [1.165, 1.54) is 6.07 Å². The van der Waals surface area contributed by atoms with Gasteiger partial charge < -0.3 is 5.73 Å². The van der Waals surface area contributed by atoms with Crippen molar-refractivity contribution in [2.75, 3.05) is 18.8 Å². The lowest BCUT2D eigenvalue weighted by Crippen LogP contribution is -2.32. The second kappa shape index (κ2) is 5.70. The summed E-state index contributed by atoms with van der Waals surface area (Å²) < 4.78 is 25.6. The Bertz CT molecular complexity index is 652. The van der Waals surface area contributed by atoms with Crippen molar-refractivity contribution >= 4 is 15.7 Å². The first-order valence-electron chi connectivity index (χ1n) is 5.45. The maximum atomic E-state index is 12.4. The number of hydrogen-bond donors (Lipinski definition) is 1. The van der Waals surface area contributed by atoms with E-state index in [2.05, 4.69) is 0 Å². The Morgan fingerprint density at radius 3 is 2.21 bits per heavy atom. The lowest BCUT2D eigenvalue weighted by atomic mass is 10.1. The number of anilines is 1. The number of sulfonamides is 1. The molecule has 1 aromatic rings. The second-order valence-electron chi connectivity index (χ2n) is 4.07. The van der Waals surface area contributed by atoms with Gasteiger partial charge in [-0.3, -0.25) is 0 Å². The number of benzene rings is 1. The number of hydrogen-bond acceptors (Lipinski definition) is 5. The van der Waals surface area contributed by atoms with Gasteiger partial charge >= 0.3 is 0 Å². The van der Waals surface area contributed by atoms with Crippen molar-refractivity contribution in [3.05, 3.63) is 23.3 Å². The predicted octanol–water partition coefficient (Wildman–Crippen LogP) is 0.924. The van der Waals surface area contributed by atoms with Crippen LogP contribution in [0.3, 0.4) is 0 Å². The van der Waals surface area contributed by atoms with E-state index in [1.807, 2.05) is 0 Å². The van der Waals surface area contributed by atoms with Gasteiger partial charge in [-0.25, -0.2) is 8.42 Å². The number of rotatable bonds is 4. The molecule has 0 aliphatic rings. The molecule has 0 aliphatic heterocycles. The van der Waals surface area contributed by atoms with E-state index < -0.39 is 10.0 Å². The minimum atomic E-state index is -3.89. The third kappa shape index (κ3) is 3.02. The highest BCUT2D eigenvalue weighted by Gasteiger charge is 2.26. The minimum Gasteiger partial charge on any atom is -0.398 e. The van der Waals surface area contributed by atoms with E-state index in [0.29, 0.717) is 16.8 Å². The average Bonchev–Trinajstić information content (AvgIpc) is 2.33. The molecule has 100 valence electrons. The van der Waals surface area contributed by atoms with E-state index in [1.54, 1.807) is 32.1 Å². The molecule has 0 aliphatic carbocycles. The van der Waals surface area contributed by atoms with Crippen molar-refractivity contribution in [2.24, 2.45) is 0 Å². The Hall–Kier alpha value is -2.09. The standard InChI is InChI=1S/C12H14N4O2S/c1-9-7-11(15)10(2)12(8-9)19(17,18)16(5-3-13)6-4-14/h7-8H,5-6,15H2,1-2H3. The van der Waals surface area contributed by atoms with E-state index in [4.69, 9.17) is 16.3 Å². The van der Waals surface area contributed by atoms with Gasteiger partial charge in [-0.15, -0.1) is 0 Å². The Morgan fingerprint density at radius 2 is 1.74 bits per heavy atom. The molecule has 0 fully saturated rings. The minimum absolute atomic E-state index is 0.0375. The summed E-state index contributed by atoms with van der Waals surface area (Å²) >= 11 is 0. The van der Waals surface area contributed by atoms with Gasteiger partial charge in [0.1, 0.15) is 13.1 Å². The first-order chi connectivity index (χ1) is 8.84. The van der Waals surface area contributed by atoms with Crippen LogP contribution in [0.15, 0.2) is 17.0 Å². The highest BCUT2D eigenvalue weighted by molar-refractivity contribution is 7.89. The first kappa shape index (κ1) is 15.0. The summed E-state index contributed by atoms with van der Waals surface area (Å²) in [6, 6.07) is 6.65. The van der Waals surface area contributed by atoms with Crippen LogP contribution in [0, 0.1) is 36.5 Å². The summed E-state index contributed by atoms with van der Waals surface area (Å²) in [6.07, 6.45) is 0. The molecule has 0 heterocycles. The monoisotopic (exact) mass is 278 g/mol. The summed E-state index contributed by atoms with van der Waals surface area (Å²) in [5, 5.41) is 17.3. The number of nitriles is 2. The highest BCUT2D eigenvalue weighted by atomic mass is 32.2. The van der Waals surface area contributed by atoms with Crippen molar-refractivity contribution in [2.45, 2.75) is 18.7 Å². The molecule has 1 aromatic carbocycles. The van der Waals surface area contributed by atoms with Crippen LogP contribution < -0.4 is 5.73 Å². The van der Waals surface area contributed by atoms with Crippen LogP contribution in [0.5, 0.6) is 0 Å². The third-order valence-electron chi connectivity index (χ3n) is 2.66. The van der Waals surface area contributed by atoms with Crippen LogP contribution in [0.1, 0.15) is 11.1 Å². The summed E-state index contributed by atoms with van der Waals surface area (Å²) in [6.45, 7) is 2.58. The van der Waals surface area contributed by atoms with Crippen molar-refractivity contribution in [3.8, 4) is 12.1 Å². The molecule has 0 unspecified atom stereocenters. The van der Waals surface area contributed by atoms with E-state index in [0.717, 1.165) is 4.31 Å². The Balaban J connectivity index is 3.43. The number of aryl methyl sites for hydroxylation is 1. The molecule has 6 nitrogen and oxygen atoms in total. The fraction of sp³-hybridized carbons (Fsp3) is 0.333. The lowest BCUT2D eigenvalue weighted by molar-refractivity contribution is 0.479. The largest absolute Gasteiger partial charge is 0.398 e. The van der Waals surface area contributed by atoms with Crippen LogP contribution in [-0.2, 0) is 10.0 Å². The van der Waals surface area contributed by atoms with E-state index in [-0.39, 0.29) is 18.0 Å². The second-order valence-corrected chi connectivity index (χ2v) is 5.97.